The van der Waals surface area contributed by atoms with E-state index in [0.29, 0.717) is 12.2 Å². The normalized spacial score (nSPS) is 23.7. The number of ether oxygens (including phenoxy) is 1. The molecule has 1 aromatic rings. The molecule has 1 aromatic carbocycles. The van der Waals surface area contributed by atoms with Crippen LogP contribution >= 0.6 is 0 Å². The first-order chi connectivity index (χ1) is 9.84. The second-order valence-corrected chi connectivity index (χ2v) is 7.88. The van der Waals surface area contributed by atoms with Gasteiger partial charge < -0.3 is 10.1 Å². The van der Waals surface area contributed by atoms with Crippen LogP contribution in [0.15, 0.2) is 24.3 Å². The molecule has 2 rings (SSSR count). The van der Waals surface area contributed by atoms with E-state index in [1.54, 1.807) is 6.92 Å². The first kappa shape index (κ1) is 15.8. The van der Waals surface area contributed by atoms with Gasteiger partial charge in [-0.25, -0.2) is 8.42 Å². The van der Waals surface area contributed by atoms with Crippen molar-refractivity contribution in [3.05, 3.63) is 29.8 Å². The van der Waals surface area contributed by atoms with Crippen LogP contribution < -0.4 is 10.1 Å². The highest BCUT2D eigenvalue weighted by atomic mass is 32.2. The Hall–Kier alpha value is -1.56. The highest BCUT2D eigenvalue weighted by Gasteiger charge is 2.39. The fraction of sp³-hybridized carbons (Fsp3) is 0.533. The second-order valence-electron chi connectivity index (χ2n) is 5.70. The molecule has 0 aliphatic carbocycles. The number of amides is 1. The van der Waals surface area contributed by atoms with Crippen molar-refractivity contribution in [2.24, 2.45) is 0 Å². The standard InChI is InChI=1S/C15H21NO4S/c1-3-12-6-4-5-7-13(12)20-10-14(17)16-15(2)8-9-21(18,19)11-15/h4-7H,3,8-11H2,1-2H3,(H,16,17). The van der Waals surface area contributed by atoms with E-state index in [2.05, 4.69) is 5.32 Å². The summed E-state index contributed by atoms with van der Waals surface area (Å²) in [6.45, 7) is 3.68. The van der Waals surface area contributed by atoms with Crippen molar-refractivity contribution in [2.45, 2.75) is 32.2 Å². The quantitative estimate of drug-likeness (QED) is 0.890. The predicted octanol–water partition coefficient (Wildman–Crippen LogP) is 1.32. The second kappa shape index (κ2) is 6.05. The molecule has 1 heterocycles. The maximum Gasteiger partial charge on any atom is 0.258 e. The van der Waals surface area contributed by atoms with Crippen molar-refractivity contribution in [3.8, 4) is 5.75 Å². The first-order valence-electron chi connectivity index (χ1n) is 7.06. The largest absolute Gasteiger partial charge is 0.483 e. The molecule has 1 aliphatic rings. The van der Waals surface area contributed by atoms with Crippen LogP contribution in [0, 0.1) is 0 Å². The monoisotopic (exact) mass is 311 g/mol. The van der Waals surface area contributed by atoms with Gasteiger partial charge in [-0.3, -0.25) is 4.79 Å². The summed E-state index contributed by atoms with van der Waals surface area (Å²) in [6.07, 6.45) is 1.28. The van der Waals surface area contributed by atoms with E-state index in [1.165, 1.54) is 0 Å². The zero-order valence-corrected chi connectivity index (χ0v) is 13.2. The van der Waals surface area contributed by atoms with Crippen LogP contribution in [0.2, 0.25) is 0 Å². The number of nitrogens with one attached hydrogen (secondary N) is 1. The zero-order valence-electron chi connectivity index (χ0n) is 12.4. The van der Waals surface area contributed by atoms with Gasteiger partial charge in [-0.05, 0) is 31.4 Å². The Bertz CT molecular complexity index is 626. The van der Waals surface area contributed by atoms with Crippen molar-refractivity contribution in [1.82, 2.24) is 5.32 Å². The summed E-state index contributed by atoms with van der Waals surface area (Å²) in [5.41, 5.74) is 0.365. The molecule has 1 amide bonds. The average molecular weight is 311 g/mol. The Labute approximate surface area is 125 Å². The summed E-state index contributed by atoms with van der Waals surface area (Å²) >= 11 is 0. The van der Waals surface area contributed by atoms with Gasteiger partial charge in [-0.2, -0.15) is 0 Å². The van der Waals surface area contributed by atoms with Crippen molar-refractivity contribution >= 4 is 15.7 Å². The summed E-state index contributed by atoms with van der Waals surface area (Å²) in [4.78, 5) is 12.0. The zero-order chi connectivity index (χ0) is 15.5. The Morgan fingerprint density at radius 2 is 2.10 bits per heavy atom. The number of rotatable bonds is 5. The number of hydrogen-bond donors (Lipinski definition) is 1. The molecule has 1 N–H and O–H groups in total. The van der Waals surface area contributed by atoms with E-state index < -0.39 is 15.4 Å². The van der Waals surface area contributed by atoms with Gasteiger partial charge in [0.25, 0.3) is 5.91 Å². The topological polar surface area (TPSA) is 72.5 Å². The molecule has 1 saturated heterocycles. The van der Waals surface area contributed by atoms with Crippen LogP contribution in [-0.2, 0) is 21.1 Å². The maximum absolute atomic E-state index is 12.0. The number of para-hydroxylation sites is 1. The molecule has 1 aliphatic heterocycles. The van der Waals surface area contributed by atoms with Crippen LogP contribution in [0.5, 0.6) is 5.75 Å². The van der Waals surface area contributed by atoms with Crippen molar-refractivity contribution in [2.75, 3.05) is 18.1 Å². The molecule has 0 saturated carbocycles. The van der Waals surface area contributed by atoms with Crippen molar-refractivity contribution in [1.29, 1.82) is 0 Å². The van der Waals surface area contributed by atoms with Gasteiger partial charge >= 0.3 is 0 Å². The molecule has 0 aromatic heterocycles. The fourth-order valence-corrected chi connectivity index (χ4v) is 4.65. The minimum absolute atomic E-state index is 0.00269. The number of carbonyl (C=O) groups is 1. The van der Waals surface area contributed by atoms with Crippen LogP contribution in [0.1, 0.15) is 25.8 Å². The van der Waals surface area contributed by atoms with Crippen LogP contribution in [-0.4, -0.2) is 38.0 Å². The number of aryl methyl sites for hydroxylation is 1. The van der Waals surface area contributed by atoms with Crippen LogP contribution in [0.25, 0.3) is 0 Å². The van der Waals surface area contributed by atoms with E-state index in [1.807, 2.05) is 31.2 Å². The smallest absolute Gasteiger partial charge is 0.258 e. The Balaban J connectivity index is 1.91. The minimum atomic E-state index is -3.03. The molecule has 1 fully saturated rings. The lowest BCUT2D eigenvalue weighted by molar-refractivity contribution is -0.124. The number of carbonyl (C=O) groups excluding carboxylic acids is 1. The van der Waals surface area contributed by atoms with Crippen molar-refractivity contribution < 1.29 is 17.9 Å². The lowest BCUT2D eigenvalue weighted by atomic mass is 10.0. The van der Waals surface area contributed by atoms with Gasteiger partial charge in [0.1, 0.15) is 5.75 Å². The SMILES string of the molecule is CCc1ccccc1OCC(=O)NC1(C)CCS(=O)(=O)C1. The third-order valence-corrected chi connectivity index (χ3v) is 5.56. The van der Waals surface area contributed by atoms with Crippen LogP contribution in [0.4, 0.5) is 0 Å². The maximum atomic E-state index is 12.0. The molecule has 0 spiro atoms. The Morgan fingerprint density at radius 1 is 1.38 bits per heavy atom. The van der Waals surface area contributed by atoms with Gasteiger partial charge in [-0.1, -0.05) is 25.1 Å². The van der Waals surface area contributed by atoms with Crippen LogP contribution in [0.3, 0.4) is 0 Å². The molecule has 0 bridgehead atoms. The average Bonchev–Trinajstić information content (AvgIpc) is 2.70. The molecule has 1 unspecified atom stereocenters. The predicted molar refractivity (Wildman–Crippen MR) is 81.1 cm³/mol. The summed E-state index contributed by atoms with van der Waals surface area (Å²) in [6, 6.07) is 7.57. The van der Waals surface area contributed by atoms with Gasteiger partial charge in [0.2, 0.25) is 0 Å². The van der Waals surface area contributed by atoms with Crippen molar-refractivity contribution in [3.63, 3.8) is 0 Å². The molecule has 116 valence electrons. The van der Waals surface area contributed by atoms with Gasteiger partial charge in [0.15, 0.2) is 16.4 Å². The molecule has 0 radical (unpaired) electrons. The summed E-state index contributed by atoms with van der Waals surface area (Å²) in [7, 11) is -3.03. The van der Waals surface area contributed by atoms with E-state index >= 15 is 0 Å². The summed E-state index contributed by atoms with van der Waals surface area (Å²) < 4.78 is 28.6. The first-order valence-corrected chi connectivity index (χ1v) is 8.88. The molecule has 1 atom stereocenters. The van der Waals surface area contributed by atoms with E-state index in [-0.39, 0.29) is 24.0 Å². The molecular formula is C15H21NO4S. The molecule has 21 heavy (non-hydrogen) atoms. The van der Waals surface area contributed by atoms with E-state index in [9.17, 15) is 13.2 Å². The number of hydrogen-bond acceptors (Lipinski definition) is 4. The van der Waals surface area contributed by atoms with Gasteiger partial charge in [-0.15, -0.1) is 0 Å². The Kier molecular flexibility index (Phi) is 4.56. The number of benzene rings is 1. The summed E-state index contributed by atoms with van der Waals surface area (Å²) in [5, 5.41) is 2.78. The Morgan fingerprint density at radius 3 is 2.71 bits per heavy atom. The number of sulfone groups is 1. The molecule has 6 heteroatoms. The van der Waals surface area contributed by atoms with Gasteiger partial charge in [0, 0.05) is 0 Å². The van der Waals surface area contributed by atoms with E-state index in [4.69, 9.17) is 4.74 Å². The summed E-state index contributed by atoms with van der Waals surface area (Å²) in [5.74, 6) is 0.528. The minimum Gasteiger partial charge on any atom is -0.483 e. The lowest BCUT2D eigenvalue weighted by Gasteiger charge is -2.24. The van der Waals surface area contributed by atoms with E-state index in [0.717, 1.165) is 12.0 Å². The fourth-order valence-electron chi connectivity index (χ4n) is 2.56. The third-order valence-electron chi connectivity index (χ3n) is 3.66. The van der Waals surface area contributed by atoms with Gasteiger partial charge in [0.05, 0.1) is 17.0 Å². The molecule has 5 nitrogen and oxygen atoms in total. The third kappa shape index (κ3) is 4.20. The highest BCUT2D eigenvalue weighted by Crippen LogP contribution is 2.23. The highest BCUT2D eigenvalue weighted by molar-refractivity contribution is 7.91. The lowest BCUT2D eigenvalue weighted by Crippen LogP contribution is -2.48. The molecular weight excluding hydrogens is 290 g/mol.